The molecule has 0 radical (unpaired) electrons. The van der Waals surface area contributed by atoms with Gasteiger partial charge >= 0.3 is 5.63 Å². The normalized spacial score (nSPS) is 11.4. The highest BCUT2D eigenvalue weighted by Crippen LogP contribution is 2.27. The van der Waals surface area contributed by atoms with Crippen molar-refractivity contribution in [2.75, 3.05) is 0 Å². The Balaban J connectivity index is 1.48. The van der Waals surface area contributed by atoms with Crippen molar-refractivity contribution in [1.29, 1.82) is 0 Å². The number of benzene rings is 1. The number of aryl methyl sites for hydroxylation is 2. The van der Waals surface area contributed by atoms with Gasteiger partial charge in [-0.3, -0.25) is 0 Å². The van der Waals surface area contributed by atoms with Gasteiger partial charge in [-0.05, 0) is 37.0 Å². The van der Waals surface area contributed by atoms with Gasteiger partial charge in [0.05, 0.1) is 0 Å². The van der Waals surface area contributed by atoms with Gasteiger partial charge in [-0.1, -0.05) is 103 Å². The van der Waals surface area contributed by atoms with E-state index in [9.17, 15) is 9.90 Å². The topological polar surface area (TPSA) is 50.4 Å². The number of fused-ring (bicyclic) bond motifs is 1. The molecule has 0 amide bonds. The first-order valence-corrected chi connectivity index (χ1v) is 12.9. The van der Waals surface area contributed by atoms with Crippen molar-refractivity contribution in [3.63, 3.8) is 0 Å². The zero-order valence-electron chi connectivity index (χ0n) is 20.0. The Morgan fingerprint density at radius 2 is 1.19 bits per heavy atom. The van der Waals surface area contributed by atoms with Crippen molar-refractivity contribution in [3.05, 3.63) is 39.7 Å². The van der Waals surface area contributed by atoms with Crippen LogP contribution in [0.3, 0.4) is 0 Å². The van der Waals surface area contributed by atoms with Crippen molar-refractivity contribution in [2.45, 2.75) is 123 Å². The highest BCUT2D eigenvalue weighted by Gasteiger charge is 2.08. The minimum absolute atomic E-state index is 0.238. The van der Waals surface area contributed by atoms with E-state index in [2.05, 4.69) is 6.92 Å². The molecule has 0 saturated carbocycles. The molecule has 0 aliphatic carbocycles. The molecular formula is C28H44O3. The first kappa shape index (κ1) is 25.5. The maximum absolute atomic E-state index is 11.5. The molecule has 0 unspecified atom stereocenters. The maximum atomic E-state index is 11.5. The van der Waals surface area contributed by atoms with Gasteiger partial charge in [0.15, 0.2) is 0 Å². The molecule has 2 aromatic rings. The summed E-state index contributed by atoms with van der Waals surface area (Å²) >= 11 is 0. The van der Waals surface area contributed by atoms with Crippen LogP contribution in [0, 0.1) is 6.92 Å². The molecule has 1 N–H and O–H groups in total. The lowest BCUT2D eigenvalue weighted by atomic mass is 10.0. The van der Waals surface area contributed by atoms with E-state index in [-0.39, 0.29) is 11.4 Å². The molecule has 0 aliphatic heterocycles. The molecule has 0 spiro atoms. The average Bonchev–Trinajstić information content (AvgIpc) is 2.74. The standard InChI is InChI=1S/C28H44O3/c1-3-4-5-6-7-8-9-10-11-12-13-14-15-16-17-18-19-24-21-25-23(2)20-28(30)31-27(25)22-26(24)29/h20-22,29H,3-19H2,1-2H3. The molecule has 0 atom stereocenters. The summed E-state index contributed by atoms with van der Waals surface area (Å²) in [6, 6.07) is 5.08. The van der Waals surface area contributed by atoms with E-state index >= 15 is 0 Å². The van der Waals surface area contributed by atoms with Gasteiger partial charge in [-0.25, -0.2) is 4.79 Å². The van der Waals surface area contributed by atoms with Crippen molar-refractivity contribution in [2.24, 2.45) is 0 Å². The quantitative estimate of drug-likeness (QED) is 0.203. The summed E-state index contributed by atoms with van der Waals surface area (Å²) in [6.07, 6.45) is 22.7. The van der Waals surface area contributed by atoms with Crippen molar-refractivity contribution in [1.82, 2.24) is 0 Å². The van der Waals surface area contributed by atoms with Gasteiger partial charge in [0, 0.05) is 17.5 Å². The van der Waals surface area contributed by atoms with Gasteiger partial charge in [0.25, 0.3) is 0 Å². The van der Waals surface area contributed by atoms with E-state index in [0.717, 1.165) is 29.4 Å². The summed E-state index contributed by atoms with van der Waals surface area (Å²) in [4.78, 5) is 11.5. The van der Waals surface area contributed by atoms with Crippen LogP contribution in [0.4, 0.5) is 0 Å². The Hall–Kier alpha value is -1.77. The Morgan fingerprint density at radius 3 is 1.71 bits per heavy atom. The van der Waals surface area contributed by atoms with Gasteiger partial charge in [0.2, 0.25) is 0 Å². The molecule has 1 aromatic carbocycles. The zero-order chi connectivity index (χ0) is 22.3. The molecule has 0 saturated heterocycles. The van der Waals surface area contributed by atoms with Crippen LogP contribution < -0.4 is 5.63 Å². The Labute approximate surface area is 189 Å². The van der Waals surface area contributed by atoms with Gasteiger partial charge in [-0.2, -0.15) is 0 Å². The van der Waals surface area contributed by atoms with Gasteiger partial charge in [0.1, 0.15) is 11.3 Å². The number of hydrogen-bond acceptors (Lipinski definition) is 3. The Morgan fingerprint density at radius 1 is 0.710 bits per heavy atom. The lowest BCUT2D eigenvalue weighted by molar-refractivity contribution is 0.463. The first-order valence-electron chi connectivity index (χ1n) is 12.9. The van der Waals surface area contributed by atoms with Crippen LogP contribution in [0.25, 0.3) is 11.0 Å². The van der Waals surface area contributed by atoms with Crippen molar-refractivity contribution >= 4 is 11.0 Å². The SMILES string of the molecule is CCCCCCCCCCCCCCCCCCc1cc2c(C)cc(=O)oc2cc1O. The van der Waals surface area contributed by atoms with E-state index in [0.29, 0.717) is 5.58 Å². The average molecular weight is 429 g/mol. The number of aromatic hydroxyl groups is 1. The molecule has 0 aliphatic rings. The van der Waals surface area contributed by atoms with Crippen LogP contribution in [0.1, 0.15) is 121 Å². The zero-order valence-corrected chi connectivity index (χ0v) is 20.0. The van der Waals surface area contributed by atoms with Crippen LogP contribution in [0.15, 0.2) is 27.4 Å². The predicted molar refractivity (Wildman–Crippen MR) is 132 cm³/mol. The first-order chi connectivity index (χ1) is 15.1. The van der Waals surface area contributed by atoms with Crippen LogP contribution in [-0.4, -0.2) is 5.11 Å². The largest absolute Gasteiger partial charge is 0.508 e. The minimum Gasteiger partial charge on any atom is -0.508 e. The summed E-state index contributed by atoms with van der Waals surface area (Å²) in [5, 5.41) is 11.2. The van der Waals surface area contributed by atoms with Crippen LogP contribution in [0.5, 0.6) is 5.75 Å². The number of hydrogen-bond donors (Lipinski definition) is 1. The summed E-state index contributed by atoms with van der Waals surface area (Å²) in [5.74, 6) is 0.238. The molecule has 3 heteroatoms. The van der Waals surface area contributed by atoms with E-state index in [1.165, 1.54) is 102 Å². The number of unbranched alkanes of at least 4 members (excludes halogenated alkanes) is 15. The van der Waals surface area contributed by atoms with E-state index < -0.39 is 0 Å². The molecule has 2 rings (SSSR count). The molecule has 0 bridgehead atoms. The van der Waals surface area contributed by atoms with Crippen molar-refractivity contribution < 1.29 is 9.52 Å². The molecule has 1 heterocycles. The molecule has 1 aromatic heterocycles. The summed E-state index contributed by atoms with van der Waals surface area (Å²) in [6.45, 7) is 4.19. The molecule has 3 nitrogen and oxygen atoms in total. The second-order valence-corrected chi connectivity index (χ2v) is 9.28. The lowest BCUT2D eigenvalue weighted by Crippen LogP contribution is -1.98. The Kier molecular flexibility index (Phi) is 12.4. The van der Waals surface area contributed by atoms with Gasteiger partial charge < -0.3 is 9.52 Å². The summed E-state index contributed by atoms with van der Waals surface area (Å²) in [5.41, 5.74) is 1.96. The summed E-state index contributed by atoms with van der Waals surface area (Å²) in [7, 11) is 0. The smallest absolute Gasteiger partial charge is 0.336 e. The molecule has 174 valence electrons. The van der Waals surface area contributed by atoms with Crippen molar-refractivity contribution in [3.8, 4) is 5.75 Å². The van der Waals surface area contributed by atoms with Crippen LogP contribution in [-0.2, 0) is 6.42 Å². The van der Waals surface area contributed by atoms with Gasteiger partial charge in [-0.15, -0.1) is 0 Å². The molecular weight excluding hydrogens is 384 g/mol. The monoisotopic (exact) mass is 428 g/mol. The maximum Gasteiger partial charge on any atom is 0.336 e. The third kappa shape index (κ3) is 9.93. The fourth-order valence-electron chi connectivity index (χ4n) is 4.46. The highest BCUT2D eigenvalue weighted by atomic mass is 16.4. The second kappa shape index (κ2) is 15.1. The van der Waals surface area contributed by atoms with E-state index in [1.54, 1.807) is 6.07 Å². The second-order valence-electron chi connectivity index (χ2n) is 9.28. The number of phenolic OH excluding ortho intramolecular Hbond substituents is 1. The lowest BCUT2D eigenvalue weighted by Gasteiger charge is -2.08. The van der Waals surface area contributed by atoms with Crippen LogP contribution >= 0.6 is 0 Å². The Bertz CT molecular complexity index is 806. The minimum atomic E-state index is -0.366. The molecule has 0 fully saturated rings. The third-order valence-corrected chi connectivity index (χ3v) is 6.45. The number of phenols is 1. The summed E-state index contributed by atoms with van der Waals surface area (Å²) < 4.78 is 5.20. The predicted octanol–water partition coefficient (Wildman–Crippen LogP) is 8.61. The van der Waals surface area contributed by atoms with E-state index in [1.807, 2.05) is 13.0 Å². The highest BCUT2D eigenvalue weighted by molar-refractivity contribution is 5.82. The fourth-order valence-corrected chi connectivity index (χ4v) is 4.46. The van der Waals surface area contributed by atoms with Crippen LogP contribution in [0.2, 0.25) is 0 Å². The molecule has 31 heavy (non-hydrogen) atoms. The fraction of sp³-hybridized carbons (Fsp3) is 0.679. The third-order valence-electron chi connectivity index (χ3n) is 6.45. The van der Waals surface area contributed by atoms with E-state index in [4.69, 9.17) is 4.42 Å². The number of rotatable bonds is 17.